The Bertz CT molecular complexity index is 7910. The molecule has 0 N–H and O–H groups in total. The zero-order valence-corrected chi connectivity index (χ0v) is 71.7. The number of hydrogen-bond donors (Lipinski definition) is 0. The maximum absolute atomic E-state index is 2.44. The van der Waals surface area contributed by atoms with Crippen molar-refractivity contribution in [3.05, 3.63) is 496 Å². The van der Waals surface area contributed by atoms with Gasteiger partial charge < -0.3 is 18.9 Å². The van der Waals surface area contributed by atoms with Gasteiger partial charge in [0.2, 0.25) is 0 Å². The van der Waals surface area contributed by atoms with Crippen LogP contribution in [0.2, 0.25) is 0 Å². The summed E-state index contributed by atoms with van der Waals surface area (Å²) in [6, 6.07) is 177. The molecule has 0 amide bonds. The molecule has 604 valence electrons. The smallest absolute Gasteiger partial charge is 0.0541 e. The summed E-state index contributed by atoms with van der Waals surface area (Å²) in [5, 5.41) is 7.57. The minimum atomic E-state index is -0.216. The lowest BCUT2D eigenvalue weighted by Gasteiger charge is -2.28. The third kappa shape index (κ3) is 14.1. The predicted octanol–water partition coefficient (Wildman–Crippen LogP) is 34.5. The zero-order valence-electron chi connectivity index (χ0n) is 70.9. The molecule has 5 heteroatoms. The Hall–Kier alpha value is -16.2. The van der Waals surface area contributed by atoms with Crippen molar-refractivity contribution in [1.82, 2.24) is 9.13 Å². The molecule has 23 aromatic rings. The number of thiophene rings is 1. The minimum absolute atomic E-state index is 0.216. The Balaban J connectivity index is 0.000000147. The average Bonchev–Trinajstić information content (AvgIpc) is 1.59. The maximum Gasteiger partial charge on any atom is 0.0541 e. The van der Waals surface area contributed by atoms with Crippen molar-refractivity contribution in [2.75, 3.05) is 9.80 Å². The van der Waals surface area contributed by atoms with Crippen LogP contribution in [0.25, 0.3) is 175 Å². The summed E-state index contributed by atoms with van der Waals surface area (Å²) in [5.41, 5.74) is 38.4. The molecule has 24 rings (SSSR count). The third-order valence-corrected chi connectivity index (χ3v) is 27.1. The number of fused-ring (bicyclic) bond motifs is 12. The second-order valence-electron chi connectivity index (χ2n) is 33.9. The normalized spacial score (nSPS) is 12.0. The molecular formula is C123H86N4S. The summed E-state index contributed by atoms with van der Waals surface area (Å²) in [5.74, 6) is 0. The highest BCUT2D eigenvalue weighted by molar-refractivity contribution is 7.25. The molecule has 0 bridgehead atoms. The van der Waals surface area contributed by atoms with Gasteiger partial charge in [0, 0.05) is 92.6 Å². The summed E-state index contributed by atoms with van der Waals surface area (Å²) in [4.78, 5) is 4.78. The largest absolute Gasteiger partial charge is 0.310 e. The summed E-state index contributed by atoms with van der Waals surface area (Å²) in [6.45, 7) is 4.77. The predicted molar refractivity (Wildman–Crippen MR) is 545 cm³/mol. The first-order valence-corrected chi connectivity index (χ1v) is 44.9. The number of para-hydroxylation sites is 4. The van der Waals surface area contributed by atoms with Crippen molar-refractivity contribution < 1.29 is 0 Å². The van der Waals surface area contributed by atoms with Gasteiger partial charge in [-0.3, -0.25) is 0 Å². The minimum Gasteiger partial charge on any atom is -0.310 e. The maximum atomic E-state index is 2.44. The van der Waals surface area contributed by atoms with E-state index in [4.69, 9.17) is 0 Å². The Morgan fingerprint density at radius 2 is 0.438 bits per heavy atom. The fourth-order valence-electron chi connectivity index (χ4n) is 19.5. The molecule has 0 fully saturated rings. The molecule has 0 radical (unpaired) electrons. The molecule has 0 unspecified atom stereocenters. The van der Waals surface area contributed by atoms with Gasteiger partial charge >= 0.3 is 0 Å². The molecule has 20 aromatic carbocycles. The average molecular weight is 1650 g/mol. The molecule has 0 atom stereocenters. The van der Waals surface area contributed by atoms with Crippen LogP contribution in [0.15, 0.2) is 485 Å². The van der Waals surface area contributed by atoms with E-state index in [0.29, 0.717) is 0 Å². The standard InChI is InChI=1S/C63H46N2.C60H40N2S/c1-63(2)59-41-50(48-20-14-19-47(39-48)49-30-38-62-58(40-49)57-23-12-13-24-61(57)65(62)51-21-10-5-11-22-51)29-36-55(59)56-37-35-54(42-60(56)63)64(52-31-25-45(26-32-52)43-15-6-3-7-16-43)53-33-27-46(28-34-53)44-17-8-4-9-18-44;1-4-13-41(14-5-1)43-23-29-50(30-24-43)61(51-31-25-44(26-32-51)42-15-6-2-7-16-42)52-33-36-60-56(40-52)55-39-48(28-35-59(55)63-60)46-18-12-17-45(37-46)47-27-34-58-54(38-47)53-21-10-11-22-57(53)62(58)49-19-8-3-9-20-49/h3-42H,1-2H3;1-40H. The highest BCUT2D eigenvalue weighted by atomic mass is 32.1. The first-order valence-electron chi connectivity index (χ1n) is 44.1. The van der Waals surface area contributed by atoms with Crippen LogP contribution in [0, 0.1) is 0 Å². The quantitative estimate of drug-likeness (QED) is 0.0959. The van der Waals surface area contributed by atoms with E-state index in [1.807, 2.05) is 11.3 Å². The highest BCUT2D eigenvalue weighted by Crippen LogP contribution is 2.53. The van der Waals surface area contributed by atoms with E-state index in [1.54, 1.807) is 0 Å². The lowest BCUT2D eigenvalue weighted by atomic mass is 9.81. The lowest BCUT2D eigenvalue weighted by Crippen LogP contribution is -2.16. The van der Waals surface area contributed by atoms with Crippen LogP contribution in [0.3, 0.4) is 0 Å². The molecule has 128 heavy (non-hydrogen) atoms. The van der Waals surface area contributed by atoms with Gasteiger partial charge in [-0.05, 0) is 281 Å². The third-order valence-electron chi connectivity index (χ3n) is 26.0. The van der Waals surface area contributed by atoms with E-state index >= 15 is 0 Å². The van der Waals surface area contributed by atoms with Crippen LogP contribution in [-0.2, 0) is 5.41 Å². The van der Waals surface area contributed by atoms with E-state index < -0.39 is 0 Å². The number of aromatic nitrogens is 2. The molecule has 4 nitrogen and oxygen atoms in total. The SMILES string of the molecule is CC1(C)c2cc(-c3cccc(-c4ccc5c(c4)c4ccccc4n5-c4ccccc4)c3)ccc2-c2ccc(N(c3ccc(-c4ccccc4)cc3)c3ccc(-c4ccccc4)cc3)cc21.c1ccc(-c2ccc(N(c3ccc(-c4ccccc4)cc3)c3ccc4sc5ccc(-c6cccc(-c7ccc8c(c7)c7ccccc7n8-c7ccccc7)c6)cc5c4c3)cc2)cc1. The molecule has 3 heterocycles. The number of anilines is 6. The molecule has 0 aliphatic heterocycles. The second-order valence-corrected chi connectivity index (χ2v) is 35.0. The topological polar surface area (TPSA) is 16.3 Å². The van der Waals surface area contributed by atoms with Crippen molar-refractivity contribution >= 4 is 109 Å². The lowest BCUT2D eigenvalue weighted by molar-refractivity contribution is 0.660. The Morgan fingerprint density at radius 1 is 0.180 bits per heavy atom. The first-order chi connectivity index (χ1) is 63.2. The first kappa shape index (κ1) is 76.7. The Kier molecular flexibility index (Phi) is 19.5. The number of hydrogen-bond acceptors (Lipinski definition) is 3. The van der Waals surface area contributed by atoms with Crippen LogP contribution in [0.1, 0.15) is 25.0 Å². The molecule has 1 aliphatic rings. The zero-order chi connectivity index (χ0) is 85.2. The van der Waals surface area contributed by atoms with E-state index in [0.717, 1.165) is 34.1 Å². The van der Waals surface area contributed by atoms with Gasteiger partial charge in [0.25, 0.3) is 0 Å². The van der Waals surface area contributed by atoms with Gasteiger partial charge in [-0.25, -0.2) is 0 Å². The van der Waals surface area contributed by atoms with Gasteiger partial charge in [0.1, 0.15) is 0 Å². The Labute approximate surface area is 750 Å². The highest BCUT2D eigenvalue weighted by Gasteiger charge is 2.37. The number of nitrogens with zero attached hydrogens (tertiary/aromatic N) is 4. The van der Waals surface area contributed by atoms with Crippen LogP contribution in [0.4, 0.5) is 34.1 Å². The summed E-state index contributed by atoms with van der Waals surface area (Å²) in [7, 11) is 0. The van der Waals surface area contributed by atoms with Gasteiger partial charge in [0.15, 0.2) is 0 Å². The summed E-state index contributed by atoms with van der Waals surface area (Å²) in [6.07, 6.45) is 0. The number of rotatable bonds is 16. The number of benzene rings is 20. The van der Waals surface area contributed by atoms with Crippen LogP contribution in [0.5, 0.6) is 0 Å². The summed E-state index contributed by atoms with van der Waals surface area (Å²) < 4.78 is 7.32. The fourth-order valence-corrected chi connectivity index (χ4v) is 20.6. The molecule has 3 aromatic heterocycles. The van der Waals surface area contributed by atoms with Gasteiger partial charge in [0.05, 0.1) is 22.1 Å². The van der Waals surface area contributed by atoms with Crippen molar-refractivity contribution in [2.24, 2.45) is 0 Å². The van der Waals surface area contributed by atoms with Crippen molar-refractivity contribution in [1.29, 1.82) is 0 Å². The van der Waals surface area contributed by atoms with Crippen molar-refractivity contribution in [2.45, 2.75) is 19.3 Å². The van der Waals surface area contributed by atoms with E-state index in [-0.39, 0.29) is 5.41 Å². The van der Waals surface area contributed by atoms with Crippen LogP contribution < -0.4 is 9.80 Å². The fraction of sp³-hybridized carbons (Fsp3) is 0.0244. The Morgan fingerprint density at radius 3 is 0.844 bits per heavy atom. The van der Waals surface area contributed by atoms with Crippen LogP contribution >= 0.6 is 11.3 Å². The summed E-state index contributed by atoms with van der Waals surface area (Å²) >= 11 is 1.86. The molecule has 0 saturated carbocycles. The van der Waals surface area contributed by atoms with Gasteiger partial charge in [-0.1, -0.05) is 329 Å². The van der Waals surface area contributed by atoms with E-state index in [1.165, 1.54) is 186 Å². The van der Waals surface area contributed by atoms with Gasteiger partial charge in [-0.2, -0.15) is 0 Å². The van der Waals surface area contributed by atoms with E-state index in [2.05, 4.69) is 518 Å². The van der Waals surface area contributed by atoms with Crippen molar-refractivity contribution in [3.8, 4) is 112 Å². The molecular weight excluding hydrogens is 1570 g/mol. The molecule has 0 saturated heterocycles. The molecule has 1 aliphatic carbocycles. The van der Waals surface area contributed by atoms with Crippen molar-refractivity contribution in [3.63, 3.8) is 0 Å². The molecule has 0 spiro atoms. The van der Waals surface area contributed by atoms with Gasteiger partial charge in [-0.15, -0.1) is 11.3 Å². The van der Waals surface area contributed by atoms with E-state index in [9.17, 15) is 0 Å². The monoisotopic (exact) mass is 1650 g/mol. The second kappa shape index (κ2) is 32.5. The van der Waals surface area contributed by atoms with Crippen LogP contribution in [-0.4, -0.2) is 9.13 Å².